The van der Waals surface area contributed by atoms with E-state index in [9.17, 15) is 0 Å². The summed E-state index contributed by atoms with van der Waals surface area (Å²) < 4.78 is 1.89. The molecule has 0 aliphatic heterocycles. The van der Waals surface area contributed by atoms with Crippen LogP contribution in [0.5, 0.6) is 0 Å². The average Bonchev–Trinajstić information content (AvgIpc) is 2.31. The Morgan fingerprint density at radius 1 is 1.60 bits per heavy atom. The highest BCUT2D eigenvalue weighted by Gasteiger charge is 1.92. The van der Waals surface area contributed by atoms with Crippen LogP contribution in [0.3, 0.4) is 0 Å². The van der Waals surface area contributed by atoms with Crippen LogP contribution in [0, 0.1) is 6.92 Å². The number of aryl methyl sites for hydroxylation is 2. The van der Waals surface area contributed by atoms with E-state index in [0.29, 0.717) is 0 Å². The van der Waals surface area contributed by atoms with Gasteiger partial charge in [0.25, 0.3) is 0 Å². The Hall–Kier alpha value is -0.860. The molecule has 1 aromatic heterocycles. The Morgan fingerprint density at radius 2 is 2.40 bits per heavy atom. The summed E-state index contributed by atoms with van der Waals surface area (Å²) in [6, 6.07) is 0. The molecule has 0 fully saturated rings. The molecular formula is C7H13N3. The van der Waals surface area contributed by atoms with E-state index < -0.39 is 0 Å². The van der Waals surface area contributed by atoms with Crippen LogP contribution in [-0.2, 0) is 6.54 Å². The fourth-order valence-corrected chi connectivity index (χ4v) is 0.816. The lowest BCUT2D eigenvalue weighted by Gasteiger charge is -1.95. The quantitative estimate of drug-likeness (QED) is 0.633. The van der Waals surface area contributed by atoms with Crippen molar-refractivity contribution in [1.29, 1.82) is 0 Å². The van der Waals surface area contributed by atoms with Gasteiger partial charge in [0.05, 0.1) is 0 Å². The molecule has 0 aromatic carbocycles. The van der Waals surface area contributed by atoms with Gasteiger partial charge in [-0.15, -0.1) is 0 Å². The lowest BCUT2D eigenvalue weighted by molar-refractivity contribution is 0.567. The summed E-state index contributed by atoms with van der Waals surface area (Å²) in [5.74, 6) is 0.858. The molecule has 0 spiro atoms. The first-order chi connectivity index (χ1) is 4.83. The number of hydrogen-bond acceptors (Lipinski definition) is 2. The van der Waals surface area contributed by atoms with Crippen LogP contribution in [0.2, 0.25) is 0 Å². The first-order valence-electron chi connectivity index (χ1n) is 3.69. The zero-order valence-electron chi connectivity index (χ0n) is 6.54. The molecule has 0 atom stereocenters. The molecular weight excluding hydrogens is 126 g/mol. The van der Waals surface area contributed by atoms with Crippen molar-refractivity contribution in [3.63, 3.8) is 0 Å². The predicted molar refractivity (Wildman–Crippen MR) is 39.7 cm³/mol. The van der Waals surface area contributed by atoms with Crippen LogP contribution in [-0.4, -0.2) is 14.8 Å². The fourth-order valence-electron chi connectivity index (χ4n) is 0.816. The molecule has 0 radical (unpaired) electrons. The summed E-state index contributed by atoms with van der Waals surface area (Å²) in [5, 5.41) is 4.15. The largest absolute Gasteiger partial charge is 0.253 e. The standard InChI is InChI=1S/C7H13N3/c1-3-4-5-10-6-8-7(2)9-10/h6H,3-5H2,1-2H3. The van der Waals surface area contributed by atoms with Gasteiger partial charge in [0.15, 0.2) is 0 Å². The average molecular weight is 139 g/mol. The molecule has 0 N–H and O–H groups in total. The van der Waals surface area contributed by atoms with Gasteiger partial charge in [0.1, 0.15) is 12.2 Å². The van der Waals surface area contributed by atoms with Crippen LogP contribution >= 0.6 is 0 Å². The minimum Gasteiger partial charge on any atom is -0.253 e. The minimum absolute atomic E-state index is 0.858. The Morgan fingerprint density at radius 3 is 2.90 bits per heavy atom. The van der Waals surface area contributed by atoms with Crippen molar-refractivity contribution < 1.29 is 0 Å². The third kappa shape index (κ3) is 1.83. The molecule has 0 aliphatic carbocycles. The lowest BCUT2D eigenvalue weighted by atomic mass is 10.3. The topological polar surface area (TPSA) is 30.7 Å². The molecule has 1 aromatic rings. The molecule has 56 valence electrons. The van der Waals surface area contributed by atoms with Crippen molar-refractivity contribution in [2.24, 2.45) is 0 Å². The highest BCUT2D eigenvalue weighted by atomic mass is 15.3. The van der Waals surface area contributed by atoms with E-state index in [2.05, 4.69) is 17.0 Å². The highest BCUT2D eigenvalue weighted by molar-refractivity contribution is 4.74. The number of nitrogens with zero attached hydrogens (tertiary/aromatic N) is 3. The number of hydrogen-bond donors (Lipinski definition) is 0. The second kappa shape index (κ2) is 3.34. The lowest BCUT2D eigenvalue weighted by Crippen LogP contribution is -1.97. The predicted octanol–water partition coefficient (Wildman–Crippen LogP) is 1.39. The van der Waals surface area contributed by atoms with E-state index in [-0.39, 0.29) is 0 Å². The third-order valence-electron chi connectivity index (χ3n) is 1.39. The van der Waals surface area contributed by atoms with Gasteiger partial charge in [-0.3, -0.25) is 4.68 Å². The van der Waals surface area contributed by atoms with Crippen LogP contribution < -0.4 is 0 Å². The van der Waals surface area contributed by atoms with E-state index in [0.717, 1.165) is 12.4 Å². The minimum atomic E-state index is 0.858. The van der Waals surface area contributed by atoms with Crippen molar-refractivity contribution in [2.75, 3.05) is 0 Å². The zero-order chi connectivity index (χ0) is 7.40. The van der Waals surface area contributed by atoms with Crippen molar-refractivity contribution >= 4 is 0 Å². The second-order valence-electron chi connectivity index (χ2n) is 2.41. The van der Waals surface area contributed by atoms with Gasteiger partial charge in [-0.05, 0) is 13.3 Å². The van der Waals surface area contributed by atoms with Gasteiger partial charge in [0.2, 0.25) is 0 Å². The fraction of sp³-hybridized carbons (Fsp3) is 0.714. The van der Waals surface area contributed by atoms with Gasteiger partial charge in [-0.25, -0.2) is 4.98 Å². The first-order valence-corrected chi connectivity index (χ1v) is 3.69. The van der Waals surface area contributed by atoms with Crippen molar-refractivity contribution in [3.8, 4) is 0 Å². The third-order valence-corrected chi connectivity index (χ3v) is 1.39. The Kier molecular flexibility index (Phi) is 2.42. The Labute approximate surface area is 61.1 Å². The maximum atomic E-state index is 4.15. The van der Waals surface area contributed by atoms with Crippen LogP contribution in [0.15, 0.2) is 6.33 Å². The normalized spacial score (nSPS) is 10.2. The summed E-state index contributed by atoms with van der Waals surface area (Å²) in [7, 11) is 0. The summed E-state index contributed by atoms with van der Waals surface area (Å²) >= 11 is 0. The molecule has 0 unspecified atom stereocenters. The molecule has 0 saturated carbocycles. The summed E-state index contributed by atoms with van der Waals surface area (Å²) in [4.78, 5) is 4.02. The SMILES string of the molecule is CCCCn1cnc(C)n1. The summed E-state index contributed by atoms with van der Waals surface area (Å²) in [6.07, 6.45) is 4.17. The molecule has 1 rings (SSSR count). The molecule has 10 heavy (non-hydrogen) atoms. The Bertz CT molecular complexity index is 192. The molecule has 0 bridgehead atoms. The van der Waals surface area contributed by atoms with E-state index in [1.807, 2.05) is 11.6 Å². The van der Waals surface area contributed by atoms with Crippen molar-refractivity contribution in [3.05, 3.63) is 12.2 Å². The molecule has 0 amide bonds. The highest BCUT2D eigenvalue weighted by Crippen LogP contribution is 1.92. The van der Waals surface area contributed by atoms with E-state index in [1.165, 1.54) is 12.8 Å². The van der Waals surface area contributed by atoms with Gasteiger partial charge in [-0.2, -0.15) is 5.10 Å². The second-order valence-corrected chi connectivity index (χ2v) is 2.41. The van der Waals surface area contributed by atoms with Gasteiger partial charge < -0.3 is 0 Å². The molecule has 1 heterocycles. The van der Waals surface area contributed by atoms with E-state index in [4.69, 9.17) is 0 Å². The van der Waals surface area contributed by atoms with Crippen LogP contribution in [0.4, 0.5) is 0 Å². The van der Waals surface area contributed by atoms with Gasteiger partial charge in [0, 0.05) is 6.54 Å². The van der Waals surface area contributed by atoms with Crippen LogP contribution in [0.25, 0.3) is 0 Å². The smallest absolute Gasteiger partial charge is 0.147 e. The molecule has 0 aliphatic rings. The number of unbranched alkanes of at least 4 members (excludes halogenated alkanes) is 1. The monoisotopic (exact) mass is 139 g/mol. The summed E-state index contributed by atoms with van der Waals surface area (Å²) in [6.45, 7) is 5.07. The van der Waals surface area contributed by atoms with E-state index >= 15 is 0 Å². The molecule has 3 nitrogen and oxygen atoms in total. The maximum Gasteiger partial charge on any atom is 0.147 e. The van der Waals surface area contributed by atoms with Crippen molar-refractivity contribution in [2.45, 2.75) is 33.2 Å². The van der Waals surface area contributed by atoms with Crippen molar-refractivity contribution in [1.82, 2.24) is 14.8 Å². The number of aromatic nitrogens is 3. The van der Waals surface area contributed by atoms with Gasteiger partial charge >= 0.3 is 0 Å². The molecule has 3 heteroatoms. The van der Waals surface area contributed by atoms with E-state index in [1.54, 1.807) is 6.33 Å². The van der Waals surface area contributed by atoms with Gasteiger partial charge in [-0.1, -0.05) is 13.3 Å². The number of rotatable bonds is 3. The zero-order valence-corrected chi connectivity index (χ0v) is 6.54. The first kappa shape index (κ1) is 7.25. The van der Waals surface area contributed by atoms with Crippen LogP contribution in [0.1, 0.15) is 25.6 Å². The molecule has 0 saturated heterocycles. The maximum absolute atomic E-state index is 4.15. The Balaban J connectivity index is 2.42. The summed E-state index contributed by atoms with van der Waals surface area (Å²) in [5.41, 5.74) is 0.